The highest BCUT2D eigenvalue weighted by Gasteiger charge is 2.25. The number of halogens is 1. The summed E-state index contributed by atoms with van der Waals surface area (Å²) in [6.45, 7) is 5.93. The van der Waals surface area contributed by atoms with Gasteiger partial charge in [0, 0.05) is 11.0 Å². The number of benzene rings is 1. The second-order valence-corrected chi connectivity index (χ2v) is 6.17. The molecular weight excluding hydrogens is 312 g/mol. The number of phenols is 2. The standard InChI is InChI=1S/C13H15BrN2O3/c1-13(2,3)11-8(12(19)16-15-11)6-4-5-7(17)10(18)9(6)14/h4-5,17-18H,1-3H3,(H2,15,16,19). The maximum Gasteiger partial charge on any atom is 0.272 e. The maximum atomic E-state index is 12.0. The minimum Gasteiger partial charge on any atom is -0.504 e. The minimum atomic E-state index is -0.280. The topological polar surface area (TPSA) is 89.1 Å². The Balaban J connectivity index is 2.77. The first-order valence-electron chi connectivity index (χ1n) is 5.75. The molecule has 0 aliphatic carbocycles. The number of aromatic nitrogens is 2. The van der Waals surface area contributed by atoms with Crippen LogP contribution in [0, 0.1) is 0 Å². The van der Waals surface area contributed by atoms with Gasteiger partial charge in [-0.25, -0.2) is 0 Å². The third-order valence-electron chi connectivity index (χ3n) is 2.89. The summed E-state index contributed by atoms with van der Waals surface area (Å²) in [5.74, 6) is -0.516. The van der Waals surface area contributed by atoms with Gasteiger partial charge in [-0.3, -0.25) is 9.89 Å². The molecule has 5 nitrogen and oxygen atoms in total. The van der Waals surface area contributed by atoms with Crippen LogP contribution in [0.2, 0.25) is 0 Å². The Morgan fingerprint density at radius 1 is 1.16 bits per heavy atom. The molecule has 2 aromatic rings. The van der Waals surface area contributed by atoms with Gasteiger partial charge in [0.2, 0.25) is 0 Å². The molecule has 0 aliphatic rings. The number of rotatable bonds is 1. The van der Waals surface area contributed by atoms with Crippen molar-refractivity contribution in [2.75, 3.05) is 0 Å². The van der Waals surface area contributed by atoms with Crippen LogP contribution >= 0.6 is 15.9 Å². The van der Waals surface area contributed by atoms with Crippen LogP contribution in [0.25, 0.3) is 11.1 Å². The molecule has 0 amide bonds. The van der Waals surface area contributed by atoms with E-state index in [1.807, 2.05) is 20.8 Å². The molecule has 0 unspecified atom stereocenters. The highest BCUT2D eigenvalue weighted by molar-refractivity contribution is 9.10. The Morgan fingerprint density at radius 3 is 2.37 bits per heavy atom. The lowest BCUT2D eigenvalue weighted by Crippen LogP contribution is -2.14. The zero-order valence-corrected chi connectivity index (χ0v) is 12.4. The van der Waals surface area contributed by atoms with Gasteiger partial charge in [0.25, 0.3) is 5.56 Å². The van der Waals surface area contributed by atoms with Crippen LogP contribution in [0.1, 0.15) is 26.5 Å². The fraction of sp³-hybridized carbons (Fsp3) is 0.308. The molecule has 19 heavy (non-hydrogen) atoms. The van der Waals surface area contributed by atoms with Gasteiger partial charge >= 0.3 is 0 Å². The summed E-state index contributed by atoms with van der Waals surface area (Å²) in [5, 5.41) is 24.6. The minimum absolute atomic E-state index is 0.236. The van der Waals surface area contributed by atoms with Crippen LogP contribution in [-0.4, -0.2) is 20.4 Å². The smallest absolute Gasteiger partial charge is 0.272 e. The van der Waals surface area contributed by atoms with Crippen molar-refractivity contribution in [1.29, 1.82) is 0 Å². The second-order valence-electron chi connectivity index (χ2n) is 5.37. The summed E-state index contributed by atoms with van der Waals surface area (Å²) >= 11 is 3.21. The van der Waals surface area contributed by atoms with Gasteiger partial charge in [0.05, 0.1) is 15.7 Å². The van der Waals surface area contributed by atoms with Crippen molar-refractivity contribution in [3.05, 3.63) is 32.7 Å². The fourth-order valence-electron chi connectivity index (χ4n) is 1.92. The molecular formula is C13H15BrN2O3. The molecule has 2 rings (SSSR count). The SMILES string of the molecule is CC(C)(C)c1[nH][nH]c(=O)c1-c1ccc(O)c(O)c1Br. The highest BCUT2D eigenvalue weighted by atomic mass is 79.9. The van der Waals surface area contributed by atoms with Crippen LogP contribution in [-0.2, 0) is 5.41 Å². The summed E-state index contributed by atoms with van der Waals surface area (Å²) < 4.78 is 0.295. The van der Waals surface area contributed by atoms with Crippen molar-refractivity contribution in [3.8, 4) is 22.6 Å². The normalized spacial score (nSPS) is 11.8. The molecule has 102 valence electrons. The molecule has 0 aliphatic heterocycles. The number of aromatic amines is 2. The molecule has 4 N–H and O–H groups in total. The van der Waals surface area contributed by atoms with E-state index in [9.17, 15) is 15.0 Å². The molecule has 6 heteroatoms. The second kappa shape index (κ2) is 4.45. The van der Waals surface area contributed by atoms with E-state index in [4.69, 9.17) is 0 Å². The lowest BCUT2D eigenvalue weighted by molar-refractivity contribution is 0.401. The van der Waals surface area contributed by atoms with E-state index >= 15 is 0 Å². The average molecular weight is 327 g/mol. The molecule has 0 radical (unpaired) electrons. The molecule has 0 spiro atoms. The Hall–Kier alpha value is -1.69. The number of nitrogens with one attached hydrogen (secondary N) is 2. The van der Waals surface area contributed by atoms with E-state index in [0.717, 1.165) is 5.69 Å². The Labute approximate surface area is 118 Å². The average Bonchev–Trinajstić information content (AvgIpc) is 2.68. The monoisotopic (exact) mass is 326 g/mol. The van der Waals surface area contributed by atoms with E-state index in [1.165, 1.54) is 6.07 Å². The first kappa shape index (κ1) is 13.7. The van der Waals surface area contributed by atoms with E-state index in [1.54, 1.807) is 6.07 Å². The molecule has 0 fully saturated rings. The summed E-state index contributed by atoms with van der Waals surface area (Å²) in [7, 11) is 0. The van der Waals surface area contributed by atoms with Gasteiger partial charge in [0.15, 0.2) is 11.5 Å². The number of H-pyrrole nitrogens is 2. The van der Waals surface area contributed by atoms with Crippen molar-refractivity contribution >= 4 is 15.9 Å². The molecule has 0 saturated carbocycles. The lowest BCUT2D eigenvalue weighted by Gasteiger charge is -2.18. The van der Waals surface area contributed by atoms with Crippen LogP contribution in [0.3, 0.4) is 0 Å². The Bertz CT molecular complexity index is 680. The van der Waals surface area contributed by atoms with E-state index < -0.39 is 0 Å². The first-order chi connectivity index (χ1) is 8.73. The van der Waals surface area contributed by atoms with Gasteiger partial charge in [-0.1, -0.05) is 20.8 Å². The summed E-state index contributed by atoms with van der Waals surface area (Å²) in [6.07, 6.45) is 0. The third-order valence-corrected chi connectivity index (χ3v) is 3.70. The fourth-order valence-corrected chi connectivity index (χ4v) is 2.46. The van der Waals surface area contributed by atoms with E-state index in [2.05, 4.69) is 26.1 Å². The third kappa shape index (κ3) is 2.28. The van der Waals surface area contributed by atoms with Crippen molar-refractivity contribution in [2.24, 2.45) is 0 Å². The molecule has 0 saturated heterocycles. The number of hydrogen-bond donors (Lipinski definition) is 4. The van der Waals surface area contributed by atoms with Crippen LogP contribution in [0.15, 0.2) is 21.4 Å². The van der Waals surface area contributed by atoms with Crippen molar-refractivity contribution < 1.29 is 10.2 Å². The van der Waals surface area contributed by atoms with Gasteiger partial charge < -0.3 is 15.3 Å². The zero-order chi connectivity index (χ0) is 14.4. The summed E-state index contributed by atoms with van der Waals surface area (Å²) in [4.78, 5) is 12.0. The van der Waals surface area contributed by atoms with Crippen LogP contribution < -0.4 is 5.56 Å². The largest absolute Gasteiger partial charge is 0.504 e. The van der Waals surface area contributed by atoms with Gasteiger partial charge in [-0.15, -0.1) is 0 Å². The highest BCUT2D eigenvalue weighted by Crippen LogP contribution is 2.41. The van der Waals surface area contributed by atoms with E-state index in [0.29, 0.717) is 15.6 Å². The molecule has 0 bridgehead atoms. The maximum absolute atomic E-state index is 12.0. The predicted octanol–water partition coefficient (Wildman–Crippen LogP) is 2.84. The Kier molecular flexibility index (Phi) is 3.22. The van der Waals surface area contributed by atoms with Crippen LogP contribution in [0.4, 0.5) is 0 Å². The quantitative estimate of drug-likeness (QED) is 0.607. The van der Waals surface area contributed by atoms with Crippen molar-refractivity contribution in [3.63, 3.8) is 0 Å². The summed E-state index contributed by atoms with van der Waals surface area (Å²) in [6, 6.07) is 2.95. The predicted molar refractivity (Wildman–Crippen MR) is 76.6 cm³/mol. The molecule has 1 heterocycles. The lowest BCUT2D eigenvalue weighted by atomic mass is 9.87. The molecule has 0 atom stereocenters. The number of phenolic OH excluding ortho intramolecular Hbond substituents is 2. The molecule has 1 aromatic heterocycles. The van der Waals surface area contributed by atoms with Gasteiger partial charge in [-0.2, -0.15) is 0 Å². The number of hydrogen-bond acceptors (Lipinski definition) is 3. The van der Waals surface area contributed by atoms with Crippen molar-refractivity contribution in [1.82, 2.24) is 10.2 Å². The van der Waals surface area contributed by atoms with Crippen LogP contribution in [0.5, 0.6) is 11.5 Å². The first-order valence-corrected chi connectivity index (χ1v) is 6.54. The Morgan fingerprint density at radius 2 is 1.79 bits per heavy atom. The number of aromatic hydroxyl groups is 2. The van der Waals surface area contributed by atoms with Gasteiger partial charge in [0.1, 0.15) is 0 Å². The van der Waals surface area contributed by atoms with E-state index in [-0.39, 0.29) is 22.5 Å². The van der Waals surface area contributed by atoms with Gasteiger partial charge in [-0.05, 0) is 28.1 Å². The summed E-state index contributed by atoms with van der Waals surface area (Å²) in [5.41, 5.74) is 1.19. The van der Waals surface area contributed by atoms with Crippen molar-refractivity contribution in [2.45, 2.75) is 26.2 Å². The molecule has 1 aromatic carbocycles. The zero-order valence-electron chi connectivity index (χ0n) is 10.8.